The number of amides is 1. The van der Waals surface area contributed by atoms with Gasteiger partial charge in [-0.25, -0.2) is 9.48 Å². The van der Waals surface area contributed by atoms with Crippen LogP contribution in [-0.2, 0) is 6.18 Å². The molecule has 1 unspecified atom stereocenters. The van der Waals surface area contributed by atoms with Crippen LogP contribution in [0.1, 0.15) is 25.5 Å². The minimum absolute atomic E-state index is 0.150. The highest BCUT2D eigenvalue weighted by Crippen LogP contribution is 2.37. The van der Waals surface area contributed by atoms with Crippen molar-refractivity contribution in [2.45, 2.75) is 32.0 Å². The summed E-state index contributed by atoms with van der Waals surface area (Å²) in [6.07, 6.45) is -2.87. The van der Waals surface area contributed by atoms with Crippen molar-refractivity contribution in [3.63, 3.8) is 0 Å². The molecule has 10 heteroatoms. The normalized spacial score (nSPS) is 17.7. The summed E-state index contributed by atoms with van der Waals surface area (Å²) in [5, 5.41) is 6.67. The maximum atomic E-state index is 13.6. The van der Waals surface area contributed by atoms with Gasteiger partial charge in [-0.15, -0.1) is 0 Å². The zero-order valence-electron chi connectivity index (χ0n) is 15.2. The average molecular weight is 417 g/mol. The van der Waals surface area contributed by atoms with Crippen LogP contribution in [-0.4, -0.2) is 46.4 Å². The fourth-order valence-electron chi connectivity index (χ4n) is 3.33. The fraction of sp³-hybridized carbons (Fsp3) is 0.444. The largest absolute Gasteiger partial charge is 0.437 e. The monoisotopic (exact) mass is 416 g/mol. The Kier molecular flexibility index (Phi) is 6.14. The van der Waals surface area contributed by atoms with Crippen LogP contribution in [0.15, 0.2) is 30.5 Å². The number of nitrogens with one attached hydrogen (secondary N) is 1. The Bertz CT molecular complexity index is 823. The Morgan fingerprint density at radius 1 is 1.36 bits per heavy atom. The van der Waals surface area contributed by atoms with Gasteiger partial charge in [0.25, 0.3) is 0 Å². The van der Waals surface area contributed by atoms with E-state index in [4.69, 9.17) is 16.3 Å². The summed E-state index contributed by atoms with van der Waals surface area (Å²) in [6.45, 7) is 4.15. The quantitative estimate of drug-likeness (QED) is 0.796. The van der Waals surface area contributed by atoms with Gasteiger partial charge in [-0.05, 0) is 50.2 Å². The Morgan fingerprint density at radius 3 is 2.71 bits per heavy atom. The van der Waals surface area contributed by atoms with Gasteiger partial charge < -0.3 is 10.1 Å². The second-order valence-electron chi connectivity index (χ2n) is 6.44. The molecule has 0 bridgehead atoms. The SMILES string of the molecule is CCN1CCCC1CNC(=O)Oc1cnn(-c2ccc(Cl)cc2)c1C(F)(F)F. The molecule has 0 spiro atoms. The molecule has 3 rings (SSSR count). The number of ether oxygens (including phenoxy) is 1. The van der Waals surface area contributed by atoms with Gasteiger partial charge >= 0.3 is 12.3 Å². The number of benzene rings is 1. The van der Waals surface area contributed by atoms with Gasteiger partial charge in [0.2, 0.25) is 0 Å². The van der Waals surface area contributed by atoms with Crippen molar-refractivity contribution in [2.75, 3.05) is 19.6 Å². The Hall–Kier alpha value is -2.26. The maximum absolute atomic E-state index is 13.6. The summed E-state index contributed by atoms with van der Waals surface area (Å²) < 4.78 is 46.3. The van der Waals surface area contributed by atoms with E-state index < -0.39 is 23.7 Å². The molecule has 1 aromatic heterocycles. The molecule has 1 aliphatic heterocycles. The second-order valence-corrected chi connectivity index (χ2v) is 6.87. The van der Waals surface area contributed by atoms with E-state index in [9.17, 15) is 18.0 Å². The van der Waals surface area contributed by atoms with Gasteiger partial charge in [0.1, 0.15) is 0 Å². The van der Waals surface area contributed by atoms with Crippen molar-refractivity contribution in [2.24, 2.45) is 0 Å². The number of likely N-dealkylation sites (N-methyl/N-ethyl adjacent to an activating group) is 1. The summed E-state index contributed by atoms with van der Waals surface area (Å²) in [5.74, 6) is -0.654. The lowest BCUT2D eigenvalue weighted by Gasteiger charge is -2.22. The zero-order valence-corrected chi connectivity index (χ0v) is 15.9. The van der Waals surface area contributed by atoms with Gasteiger partial charge in [0, 0.05) is 17.6 Å². The highest BCUT2D eigenvalue weighted by molar-refractivity contribution is 6.30. The van der Waals surface area contributed by atoms with Gasteiger partial charge in [-0.1, -0.05) is 18.5 Å². The van der Waals surface area contributed by atoms with Crippen molar-refractivity contribution >= 4 is 17.7 Å². The second kappa shape index (κ2) is 8.40. The Morgan fingerprint density at radius 2 is 2.07 bits per heavy atom. The first-order valence-corrected chi connectivity index (χ1v) is 9.28. The van der Waals surface area contributed by atoms with E-state index in [0.717, 1.165) is 32.1 Å². The molecule has 0 aliphatic carbocycles. The van der Waals surface area contributed by atoms with Crippen LogP contribution in [0.2, 0.25) is 5.02 Å². The number of hydrogen-bond acceptors (Lipinski definition) is 4. The molecule has 1 saturated heterocycles. The van der Waals surface area contributed by atoms with E-state index in [1.807, 2.05) is 6.92 Å². The lowest BCUT2D eigenvalue weighted by Crippen LogP contribution is -2.41. The first kappa shape index (κ1) is 20.5. The summed E-state index contributed by atoms with van der Waals surface area (Å²) in [7, 11) is 0. The van der Waals surface area contributed by atoms with Gasteiger partial charge in [-0.2, -0.15) is 18.3 Å². The number of alkyl halides is 3. The molecule has 28 heavy (non-hydrogen) atoms. The van der Waals surface area contributed by atoms with Crippen LogP contribution >= 0.6 is 11.6 Å². The van der Waals surface area contributed by atoms with Crippen LogP contribution < -0.4 is 10.1 Å². The predicted molar refractivity (Wildman–Crippen MR) is 97.9 cm³/mol. The molecule has 6 nitrogen and oxygen atoms in total. The van der Waals surface area contributed by atoms with Gasteiger partial charge in [0.05, 0.1) is 11.9 Å². The van der Waals surface area contributed by atoms with Crippen molar-refractivity contribution in [1.29, 1.82) is 0 Å². The average Bonchev–Trinajstić information content (AvgIpc) is 3.26. The molecule has 1 aromatic carbocycles. The number of rotatable bonds is 5. The molecule has 0 radical (unpaired) electrons. The molecule has 1 fully saturated rings. The fourth-order valence-corrected chi connectivity index (χ4v) is 3.45. The van der Waals surface area contributed by atoms with Crippen LogP contribution in [0, 0.1) is 0 Å². The van der Waals surface area contributed by atoms with Crippen LogP contribution in [0.25, 0.3) is 5.69 Å². The predicted octanol–water partition coefficient (Wildman–Crippen LogP) is 4.12. The Labute approximate surface area is 165 Å². The lowest BCUT2D eigenvalue weighted by atomic mass is 10.2. The third-order valence-electron chi connectivity index (χ3n) is 4.67. The third kappa shape index (κ3) is 4.59. The van der Waals surface area contributed by atoms with E-state index >= 15 is 0 Å². The molecule has 0 saturated carbocycles. The number of hydrogen-bond donors (Lipinski definition) is 1. The zero-order chi connectivity index (χ0) is 20.3. The van der Waals surface area contributed by atoms with Crippen LogP contribution in [0.3, 0.4) is 0 Å². The van der Waals surface area contributed by atoms with Crippen molar-refractivity contribution in [1.82, 2.24) is 20.0 Å². The topological polar surface area (TPSA) is 59.4 Å². The lowest BCUT2D eigenvalue weighted by molar-refractivity contribution is -0.143. The summed E-state index contributed by atoms with van der Waals surface area (Å²) in [5.41, 5.74) is -1.02. The number of aromatic nitrogens is 2. The van der Waals surface area contributed by atoms with Gasteiger partial charge in [-0.3, -0.25) is 4.90 Å². The summed E-state index contributed by atoms with van der Waals surface area (Å²) in [6, 6.07) is 5.86. The Balaban J connectivity index is 1.74. The molecule has 1 amide bonds. The van der Waals surface area contributed by atoms with Crippen molar-refractivity contribution < 1.29 is 22.7 Å². The molecule has 1 N–H and O–H groups in total. The van der Waals surface area contributed by atoms with Crippen LogP contribution in [0.4, 0.5) is 18.0 Å². The number of carbonyl (C=O) groups is 1. The van der Waals surface area contributed by atoms with Crippen molar-refractivity contribution in [3.8, 4) is 11.4 Å². The molecular formula is C18H20ClF3N4O2. The first-order chi connectivity index (χ1) is 13.3. The molecular weight excluding hydrogens is 397 g/mol. The minimum Gasteiger partial charge on any atom is -0.406 e. The third-order valence-corrected chi connectivity index (χ3v) is 4.92. The van der Waals surface area contributed by atoms with E-state index in [1.165, 1.54) is 24.3 Å². The summed E-state index contributed by atoms with van der Waals surface area (Å²) >= 11 is 5.78. The summed E-state index contributed by atoms with van der Waals surface area (Å²) in [4.78, 5) is 14.3. The molecule has 1 aliphatic rings. The smallest absolute Gasteiger partial charge is 0.406 e. The van der Waals surface area contributed by atoms with Gasteiger partial charge in [0.15, 0.2) is 11.4 Å². The van der Waals surface area contributed by atoms with E-state index in [1.54, 1.807) is 0 Å². The number of nitrogens with zero attached hydrogens (tertiary/aromatic N) is 3. The van der Waals surface area contributed by atoms with E-state index in [-0.39, 0.29) is 11.7 Å². The number of halogens is 4. The first-order valence-electron chi connectivity index (χ1n) is 8.90. The molecule has 152 valence electrons. The van der Waals surface area contributed by atoms with E-state index in [0.29, 0.717) is 16.2 Å². The minimum atomic E-state index is -4.77. The van der Waals surface area contributed by atoms with E-state index in [2.05, 4.69) is 15.3 Å². The van der Waals surface area contributed by atoms with Crippen molar-refractivity contribution in [3.05, 3.63) is 41.2 Å². The number of carbonyl (C=O) groups excluding carboxylic acids is 1. The highest BCUT2D eigenvalue weighted by Gasteiger charge is 2.40. The molecule has 1 atom stereocenters. The standard InChI is InChI=1S/C18H20ClF3N4O2/c1-2-25-9-3-4-14(25)10-23-17(27)28-15-11-24-26(16(15)18(20,21)22)13-7-5-12(19)6-8-13/h5-8,11,14H,2-4,9-10H2,1H3,(H,23,27). The highest BCUT2D eigenvalue weighted by atomic mass is 35.5. The number of likely N-dealkylation sites (tertiary alicyclic amines) is 1. The maximum Gasteiger partial charge on any atom is 0.437 e. The molecule has 2 aromatic rings. The molecule has 2 heterocycles. The van der Waals surface area contributed by atoms with Crippen LogP contribution in [0.5, 0.6) is 5.75 Å².